The molecule has 35 heavy (non-hydrogen) atoms. The van der Waals surface area contributed by atoms with Gasteiger partial charge in [-0.1, -0.05) is 30.7 Å². The van der Waals surface area contributed by atoms with Crippen molar-refractivity contribution in [2.75, 3.05) is 43.9 Å². The van der Waals surface area contributed by atoms with Gasteiger partial charge in [0.05, 0.1) is 17.9 Å². The normalized spacial score (nSPS) is 14.9. The average Bonchev–Trinajstić information content (AvgIpc) is 2.81. The molecule has 0 unspecified atom stereocenters. The topological polar surface area (TPSA) is 98.0 Å². The lowest BCUT2D eigenvalue weighted by molar-refractivity contribution is -0.115. The summed E-state index contributed by atoms with van der Waals surface area (Å²) in [4.78, 5) is 18.9. The smallest absolute Gasteiger partial charge is 0.239 e. The molecule has 0 saturated carbocycles. The van der Waals surface area contributed by atoms with Gasteiger partial charge >= 0.3 is 0 Å². The van der Waals surface area contributed by atoms with Crippen LogP contribution in [-0.4, -0.2) is 59.2 Å². The van der Waals surface area contributed by atoms with Crippen molar-refractivity contribution in [1.82, 2.24) is 25.4 Å². The molecule has 1 aromatic carbocycles. The van der Waals surface area contributed by atoms with Gasteiger partial charge in [-0.15, -0.1) is 0 Å². The van der Waals surface area contributed by atoms with Crippen molar-refractivity contribution < 1.29 is 9.18 Å². The highest BCUT2D eigenvalue weighted by Crippen LogP contribution is 2.31. The van der Waals surface area contributed by atoms with E-state index in [1.54, 1.807) is 24.4 Å². The molecule has 184 valence electrons. The maximum atomic E-state index is 14.3. The lowest BCUT2D eigenvalue weighted by Gasteiger charge is -2.48. The van der Waals surface area contributed by atoms with Crippen LogP contribution < -0.4 is 16.0 Å². The molecule has 1 aliphatic rings. The first-order chi connectivity index (χ1) is 16.8. The van der Waals surface area contributed by atoms with Crippen LogP contribution in [0.15, 0.2) is 42.6 Å². The van der Waals surface area contributed by atoms with E-state index >= 15 is 0 Å². The Labute approximate surface area is 213 Å². The SMILES string of the molecule is CCC1(CNCC(=O)Nc2cc(Nc3cc(-c4cc(Cl)ccc4F)n[nH]c3=S)ccn2)CN(C)C1. The van der Waals surface area contributed by atoms with E-state index < -0.39 is 5.82 Å². The molecule has 4 N–H and O–H groups in total. The minimum Gasteiger partial charge on any atom is -0.353 e. The molecular formula is C24H27ClFN7OS. The monoisotopic (exact) mass is 515 g/mol. The molecule has 1 fully saturated rings. The number of benzene rings is 1. The van der Waals surface area contributed by atoms with Gasteiger partial charge in [-0.2, -0.15) is 5.10 Å². The summed E-state index contributed by atoms with van der Waals surface area (Å²) >= 11 is 11.4. The summed E-state index contributed by atoms with van der Waals surface area (Å²) in [7, 11) is 2.10. The number of hydrogen-bond acceptors (Lipinski definition) is 7. The lowest BCUT2D eigenvalue weighted by Crippen LogP contribution is -2.58. The van der Waals surface area contributed by atoms with E-state index in [4.69, 9.17) is 23.8 Å². The molecule has 1 amide bonds. The molecule has 1 saturated heterocycles. The third-order valence-corrected chi connectivity index (χ3v) is 6.61. The zero-order valence-corrected chi connectivity index (χ0v) is 21.1. The zero-order chi connectivity index (χ0) is 25.0. The van der Waals surface area contributed by atoms with Gasteiger partial charge in [0.25, 0.3) is 0 Å². The number of nitrogens with zero attached hydrogens (tertiary/aromatic N) is 3. The Morgan fingerprint density at radius 3 is 2.83 bits per heavy atom. The Bertz CT molecular complexity index is 1280. The molecule has 3 heterocycles. The number of hydrogen-bond donors (Lipinski definition) is 4. The maximum absolute atomic E-state index is 14.3. The molecule has 0 aliphatic carbocycles. The molecule has 11 heteroatoms. The fourth-order valence-electron chi connectivity index (χ4n) is 4.25. The summed E-state index contributed by atoms with van der Waals surface area (Å²) in [5, 5.41) is 16.5. The van der Waals surface area contributed by atoms with Gasteiger partial charge in [0, 0.05) is 53.6 Å². The first-order valence-corrected chi connectivity index (χ1v) is 12.0. The molecular weight excluding hydrogens is 489 g/mol. The summed E-state index contributed by atoms with van der Waals surface area (Å²) in [6.07, 6.45) is 2.65. The summed E-state index contributed by atoms with van der Waals surface area (Å²) in [6, 6.07) is 9.33. The van der Waals surface area contributed by atoms with Gasteiger partial charge in [-0.3, -0.25) is 9.89 Å². The van der Waals surface area contributed by atoms with Crippen LogP contribution in [0.1, 0.15) is 13.3 Å². The second-order valence-corrected chi connectivity index (χ2v) is 9.70. The highest BCUT2D eigenvalue weighted by molar-refractivity contribution is 7.71. The van der Waals surface area contributed by atoms with E-state index in [9.17, 15) is 9.18 Å². The first kappa shape index (κ1) is 25.2. The quantitative estimate of drug-likeness (QED) is 0.309. The third kappa shape index (κ3) is 6.21. The molecule has 1 aliphatic heterocycles. The molecule has 4 rings (SSSR count). The van der Waals surface area contributed by atoms with Crippen molar-refractivity contribution in [3.05, 3.63) is 58.1 Å². The number of nitrogens with one attached hydrogen (secondary N) is 4. The van der Waals surface area contributed by atoms with Crippen LogP contribution in [0.4, 0.5) is 21.6 Å². The fourth-order valence-corrected chi connectivity index (χ4v) is 4.58. The highest BCUT2D eigenvalue weighted by atomic mass is 35.5. The van der Waals surface area contributed by atoms with Crippen molar-refractivity contribution in [2.45, 2.75) is 13.3 Å². The molecule has 0 bridgehead atoms. The van der Waals surface area contributed by atoms with Gasteiger partial charge in [0.15, 0.2) is 0 Å². The van der Waals surface area contributed by atoms with Crippen molar-refractivity contribution in [3.63, 3.8) is 0 Å². The van der Waals surface area contributed by atoms with Gasteiger partial charge in [-0.05, 0) is 43.8 Å². The van der Waals surface area contributed by atoms with E-state index in [-0.39, 0.29) is 23.4 Å². The Hall–Kier alpha value is -2.92. The fraction of sp³-hybridized carbons (Fsp3) is 0.333. The van der Waals surface area contributed by atoms with Crippen molar-refractivity contribution >= 4 is 46.9 Å². The van der Waals surface area contributed by atoms with Crippen LogP contribution in [-0.2, 0) is 4.79 Å². The predicted molar refractivity (Wildman–Crippen MR) is 139 cm³/mol. The third-order valence-electron chi connectivity index (χ3n) is 6.06. The van der Waals surface area contributed by atoms with Crippen LogP contribution in [0.3, 0.4) is 0 Å². The summed E-state index contributed by atoms with van der Waals surface area (Å²) < 4.78 is 14.6. The molecule has 2 aromatic heterocycles. The van der Waals surface area contributed by atoms with Crippen molar-refractivity contribution in [1.29, 1.82) is 0 Å². The number of H-pyrrole nitrogens is 1. The summed E-state index contributed by atoms with van der Waals surface area (Å²) in [5.74, 6) is -0.218. The number of halogens is 2. The second kappa shape index (κ2) is 10.8. The number of rotatable bonds is 9. The minimum absolute atomic E-state index is 0.173. The van der Waals surface area contributed by atoms with E-state index in [2.05, 4.69) is 50.0 Å². The first-order valence-electron chi connectivity index (χ1n) is 11.2. The van der Waals surface area contributed by atoms with Crippen LogP contribution in [0.25, 0.3) is 11.3 Å². The molecule has 0 radical (unpaired) electrons. The van der Waals surface area contributed by atoms with E-state index in [1.807, 2.05) is 0 Å². The summed E-state index contributed by atoms with van der Waals surface area (Å²) in [5.41, 5.74) is 2.00. The van der Waals surface area contributed by atoms with Gasteiger partial charge in [0.2, 0.25) is 5.91 Å². The highest BCUT2D eigenvalue weighted by Gasteiger charge is 2.38. The van der Waals surface area contributed by atoms with Crippen LogP contribution >= 0.6 is 23.8 Å². The van der Waals surface area contributed by atoms with Crippen LogP contribution in [0.2, 0.25) is 5.02 Å². The van der Waals surface area contributed by atoms with Gasteiger partial charge < -0.3 is 20.9 Å². The summed E-state index contributed by atoms with van der Waals surface area (Å²) in [6.45, 7) is 5.26. The number of carbonyl (C=O) groups excluding carboxylic acids is 1. The number of pyridine rings is 1. The molecule has 0 atom stereocenters. The van der Waals surface area contributed by atoms with E-state index in [0.717, 1.165) is 26.1 Å². The molecule has 8 nitrogen and oxygen atoms in total. The van der Waals surface area contributed by atoms with Gasteiger partial charge in [0.1, 0.15) is 16.3 Å². The Morgan fingerprint density at radius 2 is 2.09 bits per heavy atom. The Morgan fingerprint density at radius 1 is 1.29 bits per heavy atom. The number of carbonyl (C=O) groups is 1. The van der Waals surface area contributed by atoms with Crippen LogP contribution in [0.5, 0.6) is 0 Å². The van der Waals surface area contributed by atoms with Gasteiger partial charge in [-0.25, -0.2) is 9.37 Å². The standard InChI is InChI=1S/C24H27ClFN7OS/c1-3-24(13-33(2)14-24)12-27-11-22(34)30-21-9-16(6-7-28-21)29-20-10-19(31-32-23(20)35)17-8-15(25)4-5-18(17)26/h4-10,27H,3,11-14H2,1-2H3,(H,32,35)(H2,28,29,30,31,34). The predicted octanol–water partition coefficient (Wildman–Crippen LogP) is 4.61. The Kier molecular flexibility index (Phi) is 7.75. The number of likely N-dealkylation sites (tertiary alicyclic amines) is 1. The van der Waals surface area contributed by atoms with Crippen LogP contribution in [0, 0.1) is 15.9 Å². The van der Waals surface area contributed by atoms with E-state index in [0.29, 0.717) is 32.5 Å². The maximum Gasteiger partial charge on any atom is 0.239 e. The zero-order valence-electron chi connectivity index (χ0n) is 19.5. The Balaban J connectivity index is 1.40. The van der Waals surface area contributed by atoms with Crippen molar-refractivity contribution in [3.8, 4) is 11.3 Å². The minimum atomic E-state index is -0.449. The number of amides is 1. The molecule has 0 spiro atoms. The number of aromatic amines is 1. The van der Waals surface area contributed by atoms with Crippen molar-refractivity contribution in [2.24, 2.45) is 5.41 Å². The van der Waals surface area contributed by atoms with E-state index in [1.165, 1.54) is 18.2 Å². The lowest BCUT2D eigenvalue weighted by atomic mass is 9.77. The largest absolute Gasteiger partial charge is 0.353 e. The molecule has 3 aromatic rings. The average molecular weight is 516 g/mol. The number of aromatic nitrogens is 3. The number of anilines is 3. The second-order valence-electron chi connectivity index (χ2n) is 8.85.